The standard InChI is InChI=1S/C27H34N4O5.C26H31N5O4/c1-17-18(16-32)6-3-8-22(17)30-26-20-12-24(35-2)25(13-23(20)29-14-21(26)27(28)34)36-11-5-10-31-9-4-7-19(33)15-31;1-17-18(16-32)7-4-8-21(17)30-25-19-13-23(34-3)24(14-22(19)29-15-20(25)26(28)33)35-12-6-11-31(2)10-5-9-27/h3,6,8,12-14,19,32-33H,4-5,7,9-11,15-16H2,1-2H3,(H2,28,34)(H,29,30);4,7-8,13-15,32H,5-6,10-12,16H2,1-3H3,(H2,28,33)(H,29,30). The fourth-order valence-corrected chi connectivity index (χ4v) is 8.41. The van der Waals surface area contributed by atoms with Gasteiger partial charge in [-0.05, 0) is 99.6 Å². The number of amides is 2. The highest BCUT2D eigenvalue weighted by Gasteiger charge is 2.21. The van der Waals surface area contributed by atoms with E-state index in [2.05, 4.69) is 36.5 Å². The van der Waals surface area contributed by atoms with Gasteiger partial charge in [0.15, 0.2) is 23.0 Å². The minimum absolute atomic E-state index is 0.0893. The largest absolute Gasteiger partial charge is 0.493 e. The first-order valence-corrected chi connectivity index (χ1v) is 23.6. The normalized spacial score (nSPS) is 13.5. The number of aromatic nitrogens is 2. The third kappa shape index (κ3) is 13.5. The number of primary amides is 2. The first kappa shape index (κ1) is 53.1. The van der Waals surface area contributed by atoms with E-state index < -0.39 is 11.8 Å². The monoisotopic (exact) mass is 971 g/mol. The van der Waals surface area contributed by atoms with Gasteiger partial charge in [0.1, 0.15) is 0 Å². The smallest absolute Gasteiger partial charge is 0.252 e. The van der Waals surface area contributed by atoms with Crippen LogP contribution in [0.1, 0.15) is 75.1 Å². The van der Waals surface area contributed by atoms with Gasteiger partial charge in [0.25, 0.3) is 11.8 Å². The molecule has 1 unspecified atom stereocenters. The van der Waals surface area contributed by atoms with Crippen LogP contribution in [0.5, 0.6) is 23.0 Å². The van der Waals surface area contributed by atoms with Gasteiger partial charge in [-0.25, -0.2) is 0 Å². The summed E-state index contributed by atoms with van der Waals surface area (Å²) in [7, 11) is 5.09. The van der Waals surface area contributed by atoms with Crippen molar-refractivity contribution in [2.45, 2.75) is 65.3 Å². The number of aliphatic hydroxyl groups is 3. The van der Waals surface area contributed by atoms with E-state index >= 15 is 0 Å². The van der Waals surface area contributed by atoms with Gasteiger partial charge in [0.05, 0.1) is 86.4 Å². The van der Waals surface area contributed by atoms with Crippen LogP contribution in [0.15, 0.2) is 73.1 Å². The van der Waals surface area contributed by atoms with Crippen LogP contribution in [0, 0.1) is 25.2 Å². The molecule has 1 aliphatic rings. The molecular weight excluding hydrogens is 907 g/mol. The van der Waals surface area contributed by atoms with E-state index in [1.165, 1.54) is 12.4 Å². The number of anilines is 4. The number of hydrogen-bond donors (Lipinski definition) is 7. The van der Waals surface area contributed by atoms with Gasteiger partial charge in [-0.1, -0.05) is 24.3 Å². The van der Waals surface area contributed by atoms with Crippen molar-refractivity contribution in [2.75, 3.05) is 77.8 Å². The lowest BCUT2D eigenvalue weighted by Gasteiger charge is -2.29. The van der Waals surface area contributed by atoms with Crippen molar-refractivity contribution in [3.8, 4) is 29.1 Å². The van der Waals surface area contributed by atoms with Crippen molar-refractivity contribution in [3.05, 3.63) is 106 Å². The Morgan fingerprint density at radius 2 is 1.30 bits per heavy atom. The van der Waals surface area contributed by atoms with Crippen molar-refractivity contribution < 1.29 is 43.9 Å². The van der Waals surface area contributed by atoms with Crippen LogP contribution >= 0.6 is 0 Å². The molecule has 18 heteroatoms. The van der Waals surface area contributed by atoms with Crippen LogP contribution in [0.3, 0.4) is 0 Å². The number of rotatable bonds is 22. The van der Waals surface area contributed by atoms with Gasteiger partial charge in [-0.2, -0.15) is 5.26 Å². The third-order valence-electron chi connectivity index (χ3n) is 12.5. The number of β-amino-alcohol motifs (C(OH)–C–C–N with tert-alkyl or cyclic N) is 1. The highest BCUT2D eigenvalue weighted by Crippen LogP contribution is 2.40. The molecule has 1 atom stereocenters. The predicted molar refractivity (Wildman–Crippen MR) is 274 cm³/mol. The Bertz CT molecular complexity index is 2850. The highest BCUT2D eigenvalue weighted by molar-refractivity contribution is 6.09. The molecule has 376 valence electrons. The quantitative estimate of drug-likeness (QED) is 0.0353. The summed E-state index contributed by atoms with van der Waals surface area (Å²) in [5.41, 5.74) is 18.8. The van der Waals surface area contributed by atoms with E-state index in [9.17, 15) is 24.9 Å². The van der Waals surface area contributed by atoms with E-state index in [1.54, 1.807) is 38.5 Å². The molecule has 1 aliphatic heterocycles. The van der Waals surface area contributed by atoms with E-state index in [0.717, 1.165) is 85.5 Å². The second-order valence-electron chi connectivity index (χ2n) is 17.3. The molecule has 2 aromatic heterocycles. The van der Waals surface area contributed by atoms with Gasteiger partial charge >= 0.3 is 0 Å². The number of hydrogen-bond acceptors (Lipinski definition) is 16. The molecule has 9 N–H and O–H groups in total. The van der Waals surface area contributed by atoms with Crippen molar-refractivity contribution >= 4 is 56.4 Å². The van der Waals surface area contributed by atoms with E-state index in [1.807, 2.05) is 57.3 Å². The molecule has 7 rings (SSSR count). The second-order valence-corrected chi connectivity index (χ2v) is 17.3. The molecule has 3 heterocycles. The molecule has 0 radical (unpaired) electrons. The molecule has 1 fully saturated rings. The van der Waals surface area contributed by atoms with Crippen molar-refractivity contribution in [2.24, 2.45) is 11.5 Å². The van der Waals surface area contributed by atoms with E-state index in [-0.39, 0.29) is 30.4 Å². The number of nitrogens with one attached hydrogen (secondary N) is 2. The van der Waals surface area contributed by atoms with Crippen LogP contribution in [-0.2, 0) is 13.2 Å². The number of aliphatic hydroxyl groups excluding tert-OH is 3. The lowest BCUT2D eigenvalue weighted by atomic mass is 10.0. The lowest BCUT2D eigenvalue weighted by molar-refractivity contribution is 0.0678. The van der Waals surface area contributed by atoms with Crippen molar-refractivity contribution in [3.63, 3.8) is 0 Å². The summed E-state index contributed by atoms with van der Waals surface area (Å²) in [6.45, 7) is 8.66. The zero-order valence-corrected chi connectivity index (χ0v) is 41.1. The number of fused-ring (bicyclic) bond motifs is 2. The summed E-state index contributed by atoms with van der Waals surface area (Å²) < 4.78 is 23.2. The second kappa shape index (κ2) is 25.5. The lowest BCUT2D eigenvalue weighted by Crippen LogP contribution is -2.39. The number of benzene rings is 4. The molecule has 6 aromatic rings. The Kier molecular flexibility index (Phi) is 19.1. The summed E-state index contributed by atoms with van der Waals surface area (Å²) >= 11 is 0. The zero-order chi connectivity index (χ0) is 51.0. The maximum Gasteiger partial charge on any atom is 0.252 e. The first-order valence-electron chi connectivity index (χ1n) is 23.6. The minimum Gasteiger partial charge on any atom is -0.493 e. The maximum atomic E-state index is 12.2. The Hall–Kier alpha value is -7.27. The average molecular weight is 972 g/mol. The number of likely N-dealkylation sites (tertiary alicyclic amines) is 1. The topological polar surface area (TPSA) is 264 Å². The highest BCUT2D eigenvalue weighted by atomic mass is 16.5. The number of nitrogens with two attached hydrogens (primary N) is 2. The number of ether oxygens (including phenoxy) is 4. The summed E-state index contributed by atoms with van der Waals surface area (Å²) in [5.74, 6) is 0.907. The summed E-state index contributed by atoms with van der Waals surface area (Å²) in [6, 6.07) is 20.4. The number of methoxy groups -OCH3 is 2. The fourth-order valence-electron chi connectivity index (χ4n) is 8.41. The Morgan fingerprint density at radius 1 is 0.789 bits per heavy atom. The minimum atomic E-state index is -0.613. The van der Waals surface area contributed by atoms with Crippen LogP contribution in [-0.4, -0.2) is 120 Å². The molecule has 18 nitrogen and oxygen atoms in total. The molecule has 0 bridgehead atoms. The van der Waals surface area contributed by atoms with Gasteiger partial charge in [0.2, 0.25) is 0 Å². The molecule has 0 spiro atoms. The van der Waals surface area contributed by atoms with Gasteiger partial charge < -0.3 is 66.2 Å². The number of nitrogens with zero attached hydrogens (tertiary/aromatic N) is 5. The number of nitriles is 1. The van der Waals surface area contributed by atoms with Crippen LogP contribution in [0.4, 0.5) is 22.7 Å². The van der Waals surface area contributed by atoms with Crippen LogP contribution in [0.25, 0.3) is 21.8 Å². The predicted octanol–water partition coefficient (Wildman–Crippen LogP) is 6.61. The first-order chi connectivity index (χ1) is 34.3. The SMILES string of the molecule is COc1cc2c(Nc3cccc(CO)c3C)c(C(N)=O)cnc2cc1OCCCN(C)CCC#N.COc1cc2c(Nc3cccc(CO)c3C)c(C(N)=O)cnc2cc1OCCCN1CCCC(O)C1. The van der Waals surface area contributed by atoms with Crippen molar-refractivity contribution in [1.82, 2.24) is 19.8 Å². The average Bonchev–Trinajstić information content (AvgIpc) is 3.36. The van der Waals surface area contributed by atoms with E-state index in [0.29, 0.717) is 82.4 Å². The van der Waals surface area contributed by atoms with Crippen LogP contribution in [0.2, 0.25) is 0 Å². The summed E-state index contributed by atoms with van der Waals surface area (Å²) in [4.78, 5) is 37.7. The Labute approximate surface area is 414 Å². The molecule has 4 aromatic carbocycles. The number of carbonyl (C=O) groups excluding carboxylic acids is 2. The fraction of sp³-hybridized carbons (Fsp3) is 0.377. The van der Waals surface area contributed by atoms with Gasteiger partial charge in [-0.3, -0.25) is 19.6 Å². The number of piperidine rings is 1. The molecule has 0 aliphatic carbocycles. The Balaban J connectivity index is 0.000000233. The third-order valence-corrected chi connectivity index (χ3v) is 12.5. The number of carbonyl (C=O) groups is 2. The van der Waals surface area contributed by atoms with E-state index in [4.69, 9.17) is 35.7 Å². The molecule has 0 saturated carbocycles. The molecule has 1 saturated heterocycles. The molecular formula is C53H65N9O9. The van der Waals surface area contributed by atoms with Gasteiger partial charge in [0, 0.05) is 79.3 Å². The number of pyridine rings is 2. The van der Waals surface area contributed by atoms with Crippen molar-refractivity contribution in [1.29, 1.82) is 5.26 Å². The maximum absolute atomic E-state index is 12.2. The molecule has 2 amide bonds. The zero-order valence-electron chi connectivity index (χ0n) is 41.1. The summed E-state index contributed by atoms with van der Waals surface area (Å²) in [5, 5.41) is 45.8. The van der Waals surface area contributed by atoms with Crippen LogP contribution < -0.4 is 41.0 Å². The van der Waals surface area contributed by atoms with Gasteiger partial charge in [-0.15, -0.1) is 0 Å². The Morgan fingerprint density at radius 3 is 1.75 bits per heavy atom. The molecule has 71 heavy (non-hydrogen) atoms. The summed E-state index contributed by atoms with van der Waals surface area (Å²) in [6.07, 6.45) is 6.63.